The van der Waals surface area contributed by atoms with Crippen LogP contribution in [0, 0.1) is 12.3 Å². The van der Waals surface area contributed by atoms with Gasteiger partial charge in [0.25, 0.3) is 5.91 Å². The molecule has 0 saturated carbocycles. The molecule has 5 heteroatoms. The van der Waals surface area contributed by atoms with Crippen LogP contribution in [-0.4, -0.2) is 26.7 Å². The van der Waals surface area contributed by atoms with Crippen molar-refractivity contribution < 1.29 is 14.3 Å². The standard InChI is InChI=1S/C12H12BrNO3/c1-4-5-14-12(15)8-6-9(16-2)11(13)10(7-8)17-3/h1,6-7H,5H2,2-3H3,(H,14,15). The van der Waals surface area contributed by atoms with Gasteiger partial charge in [-0.05, 0) is 28.1 Å². The van der Waals surface area contributed by atoms with E-state index in [-0.39, 0.29) is 12.5 Å². The molecule has 0 unspecified atom stereocenters. The molecule has 1 aromatic rings. The lowest BCUT2D eigenvalue weighted by molar-refractivity contribution is 0.0958. The summed E-state index contributed by atoms with van der Waals surface area (Å²) in [6.45, 7) is 0.180. The fourth-order valence-corrected chi connectivity index (χ4v) is 1.79. The molecule has 1 aromatic carbocycles. The highest BCUT2D eigenvalue weighted by Gasteiger charge is 2.13. The number of carbonyl (C=O) groups excluding carboxylic acids is 1. The zero-order chi connectivity index (χ0) is 12.8. The molecule has 0 spiro atoms. The maximum Gasteiger partial charge on any atom is 0.252 e. The molecule has 0 saturated heterocycles. The fraction of sp³-hybridized carbons (Fsp3) is 0.250. The lowest BCUT2D eigenvalue weighted by Gasteiger charge is -2.11. The predicted octanol–water partition coefficient (Wildman–Crippen LogP) is 1.83. The Morgan fingerprint density at radius 3 is 2.35 bits per heavy atom. The number of terminal acetylenes is 1. The molecule has 1 amide bonds. The molecule has 0 fully saturated rings. The first kappa shape index (κ1) is 13.4. The van der Waals surface area contributed by atoms with Crippen LogP contribution in [0.15, 0.2) is 16.6 Å². The van der Waals surface area contributed by atoms with Crippen molar-refractivity contribution in [3.05, 3.63) is 22.2 Å². The van der Waals surface area contributed by atoms with Crippen LogP contribution in [0.1, 0.15) is 10.4 Å². The minimum Gasteiger partial charge on any atom is -0.495 e. The number of amides is 1. The number of methoxy groups -OCH3 is 2. The number of ether oxygens (including phenoxy) is 2. The summed E-state index contributed by atoms with van der Waals surface area (Å²) in [5, 5.41) is 2.57. The molecular weight excluding hydrogens is 286 g/mol. The summed E-state index contributed by atoms with van der Waals surface area (Å²) < 4.78 is 10.9. The van der Waals surface area contributed by atoms with Gasteiger partial charge in [0, 0.05) is 5.56 Å². The first-order valence-electron chi connectivity index (χ1n) is 4.77. The number of halogens is 1. The van der Waals surface area contributed by atoms with Crippen LogP contribution in [0.4, 0.5) is 0 Å². The average molecular weight is 298 g/mol. The van der Waals surface area contributed by atoms with E-state index in [1.807, 2.05) is 0 Å². The van der Waals surface area contributed by atoms with E-state index in [0.717, 1.165) is 0 Å². The summed E-state index contributed by atoms with van der Waals surface area (Å²) in [5.74, 6) is 3.11. The average Bonchev–Trinajstić information content (AvgIpc) is 2.36. The summed E-state index contributed by atoms with van der Waals surface area (Å²) in [7, 11) is 3.03. The molecule has 0 radical (unpaired) electrons. The number of rotatable bonds is 4. The minimum absolute atomic E-state index is 0.180. The molecule has 1 rings (SSSR count). The van der Waals surface area contributed by atoms with Crippen LogP contribution in [0.5, 0.6) is 11.5 Å². The molecule has 1 N–H and O–H groups in total. The quantitative estimate of drug-likeness (QED) is 0.863. The molecule has 17 heavy (non-hydrogen) atoms. The second kappa shape index (κ2) is 6.16. The number of benzene rings is 1. The smallest absolute Gasteiger partial charge is 0.252 e. The zero-order valence-electron chi connectivity index (χ0n) is 9.54. The Morgan fingerprint density at radius 2 is 1.94 bits per heavy atom. The highest BCUT2D eigenvalue weighted by molar-refractivity contribution is 9.10. The largest absolute Gasteiger partial charge is 0.495 e. The molecule has 0 bridgehead atoms. The maximum absolute atomic E-state index is 11.7. The minimum atomic E-state index is -0.271. The summed E-state index contributed by atoms with van der Waals surface area (Å²) >= 11 is 3.32. The van der Waals surface area contributed by atoms with E-state index in [4.69, 9.17) is 15.9 Å². The van der Waals surface area contributed by atoms with E-state index in [1.165, 1.54) is 14.2 Å². The summed E-state index contributed by atoms with van der Waals surface area (Å²) in [4.78, 5) is 11.7. The van der Waals surface area contributed by atoms with Crippen LogP contribution in [-0.2, 0) is 0 Å². The summed E-state index contributed by atoms with van der Waals surface area (Å²) in [6, 6.07) is 3.22. The van der Waals surface area contributed by atoms with Gasteiger partial charge in [0.2, 0.25) is 0 Å². The van der Waals surface area contributed by atoms with Crippen molar-refractivity contribution in [3.8, 4) is 23.8 Å². The Labute approximate surface area is 108 Å². The van der Waals surface area contributed by atoms with Gasteiger partial charge < -0.3 is 14.8 Å². The number of hydrogen-bond donors (Lipinski definition) is 1. The Hall–Kier alpha value is -1.67. The molecule has 0 aromatic heterocycles. The van der Waals surface area contributed by atoms with Gasteiger partial charge in [-0.15, -0.1) is 6.42 Å². The Morgan fingerprint density at radius 1 is 1.41 bits per heavy atom. The lowest BCUT2D eigenvalue weighted by Crippen LogP contribution is -2.23. The lowest BCUT2D eigenvalue weighted by atomic mass is 10.2. The first-order valence-corrected chi connectivity index (χ1v) is 5.56. The summed E-state index contributed by atoms with van der Waals surface area (Å²) in [6.07, 6.45) is 5.07. The van der Waals surface area contributed by atoms with Crippen LogP contribution in [0.2, 0.25) is 0 Å². The number of nitrogens with one attached hydrogen (secondary N) is 1. The maximum atomic E-state index is 11.7. The number of carbonyl (C=O) groups is 1. The van der Waals surface area contributed by atoms with E-state index in [0.29, 0.717) is 21.5 Å². The third-order valence-corrected chi connectivity index (χ3v) is 2.84. The molecule has 0 heterocycles. The van der Waals surface area contributed by atoms with E-state index in [2.05, 4.69) is 27.2 Å². The topological polar surface area (TPSA) is 47.6 Å². The van der Waals surface area contributed by atoms with Crippen molar-refractivity contribution in [3.63, 3.8) is 0 Å². The zero-order valence-corrected chi connectivity index (χ0v) is 11.1. The normalized spacial score (nSPS) is 9.29. The highest BCUT2D eigenvalue weighted by atomic mass is 79.9. The van der Waals surface area contributed by atoms with E-state index < -0.39 is 0 Å². The van der Waals surface area contributed by atoms with Gasteiger partial charge in [0.15, 0.2) is 0 Å². The van der Waals surface area contributed by atoms with Crippen molar-refractivity contribution in [2.75, 3.05) is 20.8 Å². The highest BCUT2D eigenvalue weighted by Crippen LogP contribution is 2.35. The second-order valence-corrected chi connectivity index (χ2v) is 3.87. The molecule has 0 aliphatic heterocycles. The van der Waals surface area contributed by atoms with E-state index in [1.54, 1.807) is 12.1 Å². The van der Waals surface area contributed by atoms with Crippen LogP contribution in [0.3, 0.4) is 0 Å². The van der Waals surface area contributed by atoms with Crippen LogP contribution in [0.25, 0.3) is 0 Å². The monoisotopic (exact) mass is 297 g/mol. The Kier molecular flexibility index (Phi) is 4.85. The van der Waals surface area contributed by atoms with E-state index >= 15 is 0 Å². The Balaban J connectivity index is 3.09. The predicted molar refractivity (Wildman–Crippen MR) is 68.4 cm³/mol. The molecule has 4 nitrogen and oxygen atoms in total. The van der Waals surface area contributed by atoms with Crippen LogP contribution >= 0.6 is 15.9 Å². The summed E-state index contributed by atoms with van der Waals surface area (Å²) in [5.41, 5.74) is 0.428. The number of hydrogen-bond acceptors (Lipinski definition) is 3. The van der Waals surface area contributed by atoms with E-state index in [9.17, 15) is 4.79 Å². The van der Waals surface area contributed by atoms with Gasteiger partial charge in [-0.3, -0.25) is 4.79 Å². The Bertz CT molecular complexity index is 440. The van der Waals surface area contributed by atoms with Gasteiger partial charge in [0.05, 0.1) is 20.8 Å². The second-order valence-electron chi connectivity index (χ2n) is 3.08. The van der Waals surface area contributed by atoms with Crippen molar-refractivity contribution >= 4 is 21.8 Å². The third kappa shape index (κ3) is 3.14. The van der Waals surface area contributed by atoms with Crippen molar-refractivity contribution in [1.82, 2.24) is 5.32 Å². The van der Waals surface area contributed by atoms with Crippen molar-refractivity contribution in [2.24, 2.45) is 0 Å². The molecule has 90 valence electrons. The molecule has 0 aliphatic carbocycles. The van der Waals surface area contributed by atoms with Gasteiger partial charge in [-0.1, -0.05) is 5.92 Å². The van der Waals surface area contributed by atoms with Crippen molar-refractivity contribution in [2.45, 2.75) is 0 Å². The SMILES string of the molecule is C#CCNC(=O)c1cc(OC)c(Br)c(OC)c1. The van der Waals surface area contributed by atoms with Gasteiger partial charge in [0.1, 0.15) is 16.0 Å². The van der Waals surface area contributed by atoms with Gasteiger partial charge in [-0.25, -0.2) is 0 Å². The van der Waals surface area contributed by atoms with Gasteiger partial charge >= 0.3 is 0 Å². The van der Waals surface area contributed by atoms with Crippen molar-refractivity contribution in [1.29, 1.82) is 0 Å². The third-order valence-electron chi connectivity index (χ3n) is 2.06. The van der Waals surface area contributed by atoms with Gasteiger partial charge in [-0.2, -0.15) is 0 Å². The molecule has 0 atom stereocenters. The first-order chi connectivity index (χ1) is 8.13. The molecule has 0 aliphatic rings. The molecular formula is C12H12BrNO3. The van der Waals surface area contributed by atoms with Crippen LogP contribution < -0.4 is 14.8 Å². The fourth-order valence-electron chi connectivity index (χ4n) is 1.23.